The first-order chi connectivity index (χ1) is 8.36. The number of hydrogen-bond acceptors (Lipinski definition) is 5. The van der Waals surface area contributed by atoms with Crippen LogP contribution in [0.4, 0.5) is 0 Å². The van der Waals surface area contributed by atoms with E-state index in [2.05, 4.69) is 20.7 Å². The molecule has 0 spiro atoms. The van der Waals surface area contributed by atoms with Gasteiger partial charge in [0, 0.05) is 4.47 Å². The van der Waals surface area contributed by atoms with E-state index in [4.69, 9.17) is 0 Å². The van der Waals surface area contributed by atoms with E-state index in [9.17, 15) is 18.0 Å². The van der Waals surface area contributed by atoms with Crippen LogP contribution in [-0.2, 0) is 24.3 Å². The highest BCUT2D eigenvalue weighted by molar-refractivity contribution is 9.10. The number of nitrogens with one attached hydrogen (secondary N) is 1. The lowest BCUT2D eigenvalue weighted by Gasteiger charge is -2.06. The van der Waals surface area contributed by atoms with Gasteiger partial charge in [-0.25, -0.2) is 17.9 Å². The minimum atomic E-state index is -4.06. The lowest BCUT2D eigenvalue weighted by atomic mass is 10.4. The van der Waals surface area contributed by atoms with Crippen molar-refractivity contribution in [2.24, 2.45) is 0 Å². The van der Waals surface area contributed by atoms with Gasteiger partial charge in [0.05, 0.1) is 11.5 Å². The summed E-state index contributed by atoms with van der Waals surface area (Å²) in [6.07, 6.45) is 0. The van der Waals surface area contributed by atoms with Gasteiger partial charge in [-0.2, -0.15) is 0 Å². The Bertz CT molecular complexity index is 552. The fourth-order valence-corrected chi connectivity index (χ4v) is 2.24. The first-order valence-electron chi connectivity index (χ1n) is 4.86. The summed E-state index contributed by atoms with van der Waals surface area (Å²) in [7, 11) is -4.06. The zero-order chi connectivity index (χ0) is 13.8. The van der Waals surface area contributed by atoms with Crippen LogP contribution in [0.2, 0.25) is 0 Å². The van der Waals surface area contributed by atoms with Crippen molar-refractivity contribution in [3.63, 3.8) is 0 Å². The molecule has 0 unspecified atom stereocenters. The van der Waals surface area contributed by atoms with Crippen molar-refractivity contribution in [3.8, 4) is 0 Å². The number of carbonyl (C=O) groups is 2. The minimum Gasteiger partial charge on any atom is -0.459 e. The zero-order valence-electron chi connectivity index (χ0n) is 9.34. The van der Waals surface area contributed by atoms with Crippen molar-refractivity contribution in [1.82, 2.24) is 4.72 Å². The molecule has 98 valence electrons. The van der Waals surface area contributed by atoms with Crippen LogP contribution in [0, 0.1) is 0 Å². The van der Waals surface area contributed by atoms with Gasteiger partial charge in [0.1, 0.15) is 0 Å². The maximum Gasteiger partial charge on any atom is 0.397 e. The first kappa shape index (κ1) is 14.7. The number of benzene rings is 1. The molecule has 1 N–H and O–H groups in total. The number of amides is 1. The summed E-state index contributed by atoms with van der Waals surface area (Å²) >= 11 is 3.15. The molecule has 0 heterocycles. The van der Waals surface area contributed by atoms with Gasteiger partial charge in [-0.3, -0.25) is 4.79 Å². The number of sulfonamides is 1. The van der Waals surface area contributed by atoms with Crippen LogP contribution in [0.1, 0.15) is 6.92 Å². The predicted molar refractivity (Wildman–Crippen MR) is 66.1 cm³/mol. The van der Waals surface area contributed by atoms with Gasteiger partial charge in [-0.15, -0.1) is 0 Å². The van der Waals surface area contributed by atoms with E-state index in [0.717, 1.165) is 0 Å². The van der Waals surface area contributed by atoms with Gasteiger partial charge >= 0.3 is 11.9 Å². The van der Waals surface area contributed by atoms with Crippen molar-refractivity contribution in [2.45, 2.75) is 11.8 Å². The molecule has 1 aromatic carbocycles. The molecule has 0 aliphatic carbocycles. The fraction of sp³-hybridized carbons (Fsp3) is 0.200. The topological polar surface area (TPSA) is 89.5 Å². The van der Waals surface area contributed by atoms with Crippen molar-refractivity contribution in [2.75, 3.05) is 6.61 Å². The molecule has 1 rings (SSSR count). The molecule has 0 aliphatic rings. The van der Waals surface area contributed by atoms with E-state index in [1.165, 1.54) is 31.2 Å². The van der Waals surface area contributed by atoms with E-state index in [1.54, 1.807) is 4.72 Å². The summed E-state index contributed by atoms with van der Waals surface area (Å²) < 4.78 is 30.1. The molecule has 0 radical (unpaired) electrons. The van der Waals surface area contributed by atoms with Gasteiger partial charge in [0.15, 0.2) is 0 Å². The Morgan fingerprint density at radius 3 is 2.33 bits per heavy atom. The Kier molecular flexibility index (Phi) is 4.85. The SMILES string of the molecule is CCOC(=O)C(=O)NS(=O)(=O)c1ccc(Br)cc1. The summed E-state index contributed by atoms with van der Waals surface area (Å²) in [5, 5.41) is 0. The lowest BCUT2D eigenvalue weighted by Crippen LogP contribution is -2.37. The molecule has 0 aromatic heterocycles. The first-order valence-corrected chi connectivity index (χ1v) is 7.14. The number of rotatable bonds is 3. The highest BCUT2D eigenvalue weighted by atomic mass is 79.9. The normalized spacial score (nSPS) is 10.8. The second kappa shape index (κ2) is 5.96. The third-order valence-corrected chi connectivity index (χ3v) is 3.69. The van der Waals surface area contributed by atoms with Crippen molar-refractivity contribution in [3.05, 3.63) is 28.7 Å². The predicted octanol–water partition coefficient (Wildman–Crippen LogP) is 0.817. The summed E-state index contributed by atoms with van der Waals surface area (Å²) in [6.45, 7) is 1.50. The smallest absolute Gasteiger partial charge is 0.397 e. The minimum absolute atomic E-state index is 0.00934. The summed E-state index contributed by atoms with van der Waals surface area (Å²) in [5.41, 5.74) is 0. The molecule has 8 heteroatoms. The van der Waals surface area contributed by atoms with Gasteiger partial charge in [-0.1, -0.05) is 15.9 Å². The van der Waals surface area contributed by atoms with Crippen LogP contribution in [0.15, 0.2) is 33.6 Å². The highest BCUT2D eigenvalue weighted by Crippen LogP contribution is 2.14. The van der Waals surface area contributed by atoms with Crippen LogP contribution in [0.3, 0.4) is 0 Å². The maximum absolute atomic E-state index is 11.7. The van der Waals surface area contributed by atoms with E-state index >= 15 is 0 Å². The molecule has 0 fully saturated rings. The second-order valence-electron chi connectivity index (χ2n) is 3.11. The molecule has 0 atom stereocenters. The Labute approximate surface area is 113 Å². The zero-order valence-corrected chi connectivity index (χ0v) is 11.7. The Hall–Kier alpha value is -1.41. The number of ether oxygens (including phenoxy) is 1. The molecule has 0 saturated heterocycles. The molecule has 0 bridgehead atoms. The van der Waals surface area contributed by atoms with E-state index in [0.29, 0.717) is 4.47 Å². The fourth-order valence-electron chi connectivity index (χ4n) is 1.03. The summed E-state index contributed by atoms with van der Waals surface area (Å²) in [5.74, 6) is -2.56. The maximum atomic E-state index is 11.7. The van der Waals surface area contributed by atoms with Crippen LogP contribution in [-0.4, -0.2) is 26.9 Å². The average molecular weight is 336 g/mol. The third kappa shape index (κ3) is 3.81. The molecule has 0 saturated carbocycles. The number of carbonyl (C=O) groups excluding carboxylic acids is 2. The van der Waals surface area contributed by atoms with Crippen molar-refractivity contribution in [1.29, 1.82) is 0 Å². The molecule has 1 amide bonds. The Balaban J connectivity index is 2.86. The second-order valence-corrected chi connectivity index (χ2v) is 5.71. The van der Waals surface area contributed by atoms with Crippen molar-refractivity contribution >= 4 is 37.8 Å². The van der Waals surface area contributed by atoms with E-state index < -0.39 is 21.9 Å². The monoisotopic (exact) mass is 335 g/mol. The molecule has 18 heavy (non-hydrogen) atoms. The Morgan fingerprint density at radius 2 is 1.83 bits per heavy atom. The van der Waals surface area contributed by atoms with E-state index in [1.807, 2.05) is 0 Å². The number of hydrogen-bond donors (Lipinski definition) is 1. The average Bonchev–Trinajstić information content (AvgIpc) is 2.29. The van der Waals surface area contributed by atoms with Crippen molar-refractivity contribution < 1.29 is 22.7 Å². The number of halogens is 1. The standard InChI is InChI=1S/C10H10BrNO5S/c1-2-17-10(14)9(13)12-18(15,16)8-5-3-7(11)4-6-8/h3-6H,2H2,1H3,(H,12,13). The molecular weight excluding hydrogens is 326 g/mol. The van der Waals surface area contributed by atoms with Gasteiger partial charge < -0.3 is 4.74 Å². The van der Waals surface area contributed by atoms with Crippen LogP contribution in [0.5, 0.6) is 0 Å². The van der Waals surface area contributed by atoms with Crippen LogP contribution < -0.4 is 4.72 Å². The quantitative estimate of drug-likeness (QED) is 0.652. The molecular formula is C10H10BrNO5S. The largest absolute Gasteiger partial charge is 0.459 e. The van der Waals surface area contributed by atoms with Gasteiger partial charge in [0.25, 0.3) is 10.0 Å². The summed E-state index contributed by atoms with van der Waals surface area (Å²) in [6, 6.07) is 5.60. The molecule has 1 aromatic rings. The van der Waals surface area contributed by atoms with Crippen LogP contribution in [0.25, 0.3) is 0 Å². The van der Waals surface area contributed by atoms with Gasteiger partial charge in [-0.05, 0) is 31.2 Å². The van der Waals surface area contributed by atoms with E-state index in [-0.39, 0.29) is 11.5 Å². The third-order valence-electron chi connectivity index (χ3n) is 1.81. The van der Waals surface area contributed by atoms with Gasteiger partial charge in [0.2, 0.25) is 0 Å². The molecule has 0 aliphatic heterocycles. The molecule has 6 nitrogen and oxygen atoms in total. The number of esters is 1. The highest BCUT2D eigenvalue weighted by Gasteiger charge is 2.23. The lowest BCUT2D eigenvalue weighted by molar-refractivity contribution is -0.153. The summed E-state index contributed by atoms with van der Waals surface area (Å²) in [4.78, 5) is 22.1. The Morgan fingerprint density at radius 1 is 1.28 bits per heavy atom. The van der Waals surface area contributed by atoms with Crippen LogP contribution >= 0.6 is 15.9 Å².